The highest BCUT2D eigenvalue weighted by atomic mass is 16.3. The van der Waals surface area contributed by atoms with Crippen LogP contribution in [0, 0.1) is 0 Å². The first-order chi connectivity index (χ1) is 6.83. The molecule has 0 aromatic heterocycles. The van der Waals surface area contributed by atoms with Gasteiger partial charge in [0, 0.05) is 0 Å². The van der Waals surface area contributed by atoms with Gasteiger partial charge in [-0.15, -0.1) is 0 Å². The Morgan fingerprint density at radius 3 is 1.47 bits per heavy atom. The lowest BCUT2D eigenvalue weighted by Crippen LogP contribution is -2.64. The molecule has 5 heteroatoms. The fourth-order valence-electron chi connectivity index (χ4n) is 2.24. The third-order valence-electron chi connectivity index (χ3n) is 3.09. The van der Waals surface area contributed by atoms with Gasteiger partial charge < -0.3 is 21.1 Å². The maximum absolute atomic E-state index is 9.64. The van der Waals surface area contributed by atoms with Gasteiger partial charge in [0.2, 0.25) is 0 Å². The normalized spacial score (nSPS) is 19.0. The smallest absolute Gasteiger partial charge is 0.121 e. The van der Waals surface area contributed by atoms with Crippen LogP contribution in [0.3, 0.4) is 0 Å². The van der Waals surface area contributed by atoms with Gasteiger partial charge in [0.25, 0.3) is 0 Å². The molecular weight excluding hydrogens is 196 g/mol. The number of aliphatic hydroxyl groups excluding tert-OH is 3. The van der Waals surface area contributed by atoms with Crippen LogP contribution in [0.4, 0.5) is 0 Å². The second-order valence-electron chi connectivity index (χ2n) is 3.93. The minimum atomic E-state index is -1.10. The van der Waals surface area contributed by atoms with Crippen molar-refractivity contribution in [2.24, 2.45) is 5.73 Å². The Bertz CT molecular complexity index is 172. The minimum Gasteiger partial charge on any atom is -0.379 e. The molecule has 15 heavy (non-hydrogen) atoms. The molecule has 0 aromatic carbocycles. The molecule has 92 valence electrons. The summed E-state index contributed by atoms with van der Waals surface area (Å²) in [6.07, 6.45) is -1.71. The maximum atomic E-state index is 9.64. The second-order valence-corrected chi connectivity index (χ2v) is 3.93. The summed E-state index contributed by atoms with van der Waals surface area (Å²) in [7, 11) is 0. The highest BCUT2D eigenvalue weighted by Gasteiger charge is 2.42. The fourth-order valence-corrected chi connectivity index (χ4v) is 2.24. The zero-order valence-corrected chi connectivity index (χ0v) is 10.0. The first-order valence-electron chi connectivity index (χ1n) is 5.41. The molecule has 0 aliphatic rings. The molecule has 0 aromatic rings. The average Bonchev–Trinajstić information content (AvgIpc) is 2.11. The van der Waals surface area contributed by atoms with Gasteiger partial charge in [0.1, 0.15) is 18.7 Å². The number of rotatable bonds is 6. The Morgan fingerprint density at radius 2 is 1.40 bits per heavy atom. The molecule has 0 aliphatic heterocycles. The van der Waals surface area contributed by atoms with E-state index in [9.17, 15) is 15.3 Å². The van der Waals surface area contributed by atoms with Gasteiger partial charge in [-0.05, 0) is 26.7 Å². The summed E-state index contributed by atoms with van der Waals surface area (Å²) in [6, 6.07) is 0. The van der Waals surface area contributed by atoms with Gasteiger partial charge in [-0.3, -0.25) is 0 Å². The van der Waals surface area contributed by atoms with E-state index in [2.05, 4.69) is 0 Å². The summed E-state index contributed by atoms with van der Waals surface area (Å²) in [4.78, 5) is 1.44. The zero-order chi connectivity index (χ0) is 12.2. The highest BCUT2D eigenvalue weighted by molar-refractivity contribution is 4.93. The standard InChI is InChI=1S/C10H24N2O3/c1-5-10(6-2,9(11)15)12(7(3)13)8(4)14/h7-9,13-15H,5-6,11H2,1-4H3. The van der Waals surface area contributed by atoms with Gasteiger partial charge in [-0.1, -0.05) is 13.8 Å². The zero-order valence-electron chi connectivity index (χ0n) is 10.0. The van der Waals surface area contributed by atoms with E-state index >= 15 is 0 Å². The van der Waals surface area contributed by atoms with E-state index in [1.54, 1.807) is 13.8 Å². The van der Waals surface area contributed by atoms with E-state index in [1.165, 1.54) is 4.90 Å². The molecule has 0 fully saturated rings. The van der Waals surface area contributed by atoms with Crippen molar-refractivity contribution in [3.63, 3.8) is 0 Å². The molecule has 5 nitrogen and oxygen atoms in total. The molecule has 0 saturated carbocycles. The Labute approximate surface area is 91.5 Å². The van der Waals surface area contributed by atoms with Crippen molar-refractivity contribution < 1.29 is 15.3 Å². The van der Waals surface area contributed by atoms with Crippen LogP contribution in [0.2, 0.25) is 0 Å². The summed E-state index contributed by atoms with van der Waals surface area (Å²) in [5, 5.41) is 28.9. The number of aliphatic hydroxyl groups is 3. The first kappa shape index (κ1) is 14.8. The monoisotopic (exact) mass is 220 g/mol. The molecular formula is C10H24N2O3. The SMILES string of the molecule is CCC(CC)(C(N)O)N(C(C)O)C(C)O. The molecule has 3 atom stereocenters. The number of nitrogens with zero attached hydrogens (tertiary/aromatic N) is 1. The van der Waals surface area contributed by atoms with Crippen LogP contribution < -0.4 is 5.73 Å². The molecule has 0 spiro atoms. The van der Waals surface area contributed by atoms with Gasteiger partial charge in [0.05, 0.1) is 5.54 Å². The second kappa shape index (κ2) is 5.77. The van der Waals surface area contributed by atoms with Crippen molar-refractivity contribution in [2.75, 3.05) is 0 Å². The topological polar surface area (TPSA) is 90.0 Å². The van der Waals surface area contributed by atoms with E-state index in [4.69, 9.17) is 5.73 Å². The third-order valence-corrected chi connectivity index (χ3v) is 3.09. The average molecular weight is 220 g/mol. The quantitative estimate of drug-likeness (QED) is 0.465. The third kappa shape index (κ3) is 2.89. The lowest BCUT2D eigenvalue weighted by Gasteiger charge is -2.47. The van der Waals surface area contributed by atoms with Crippen molar-refractivity contribution in [1.29, 1.82) is 0 Å². The lowest BCUT2D eigenvalue weighted by atomic mass is 9.88. The van der Waals surface area contributed by atoms with E-state index in [-0.39, 0.29) is 0 Å². The number of hydrogen-bond donors (Lipinski definition) is 4. The van der Waals surface area contributed by atoms with Crippen LogP contribution in [-0.2, 0) is 0 Å². The van der Waals surface area contributed by atoms with Gasteiger partial charge in [0.15, 0.2) is 0 Å². The van der Waals surface area contributed by atoms with Gasteiger partial charge >= 0.3 is 0 Å². The van der Waals surface area contributed by atoms with Crippen molar-refractivity contribution in [3.8, 4) is 0 Å². The van der Waals surface area contributed by atoms with Gasteiger partial charge in [-0.2, -0.15) is 0 Å². The van der Waals surface area contributed by atoms with E-state index in [1.807, 2.05) is 13.8 Å². The maximum Gasteiger partial charge on any atom is 0.121 e. The summed E-state index contributed by atoms with van der Waals surface area (Å²) in [5.41, 5.74) is 4.77. The van der Waals surface area contributed by atoms with E-state index < -0.39 is 24.2 Å². The minimum absolute atomic E-state index is 0.553. The Balaban J connectivity index is 5.16. The van der Waals surface area contributed by atoms with Crippen molar-refractivity contribution in [1.82, 2.24) is 4.90 Å². The van der Waals surface area contributed by atoms with Crippen LogP contribution in [0.1, 0.15) is 40.5 Å². The van der Waals surface area contributed by atoms with E-state index in [0.29, 0.717) is 12.8 Å². The van der Waals surface area contributed by atoms with E-state index in [0.717, 1.165) is 0 Å². The number of hydrogen-bond acceptors (Lipinski definition) is 5. The predicted molar refractivity (Wildman–Crippen MR) is 58.7 cm³/mol. The molecule has 0 saturated heterocycles. The van der Waals surface area contributed by atoms with Crippen molar-refractivity contribution >= 4 is 0 Å². The van der Waals surface area contributed by atoms with Crippen LogP contribution in [0.5, 0.6) is 0 Å². The largest absolute Gasteiger partial charge is 0.379 e. The Morgan fingerprint density at radius 1 is 1.07 bits per heavy atom. The Hall–Kier alpha value is -0.200. The number of nitrogens with two attached hydrogens (primary N) is 1. The molecule has 5 N–H and O–H groups in total. The van der Waals surface area contributed by atoms with Crippen molar-refractivity contribution in [3.05, 3.63) is 0 Å². The summed E-state index contributed by atoms with van der Waals surface area (Å²) in [6.45, 7) is 6.85. The highest BCUT2D eigenvalue weighted by Crippen LogP contribution is 2.29. The summed E-state index contributed by atoms with van der Waals surface area (Å²) >= 11 is 0. The molecule has 0 heterocycles. The predicted octanol–water partition coefficient (Wildman–Crippen LogP) is -0.199. The first-order valence-corrected chi connectivity index (χ1v) is 5.41. The molecule has 0 radical (unpaired) electrons. The fraction of sp³-hybridized carbons (Fsp3) is 1.00. The summed E-state index contributed by atoms with van der Waals surface area (Å²) in [5.74, 6) is 0. The van der Waals surface area contributed by atoms with Crippen LogP contribution >= 0.6 is 0 Å². The van der Waals surface area contributed by atoms with Crippen LogP contribution in [-0.4, -0.2) is 44.4 Å². The molecule has 0 aliphatic carbocycles. The molecule has 3 unspecified atom stereocenters. The van der Waals surface area contributed by atoms with Crippen molar-refractivity contribution in [2.45, 2.75) is 64.8 Å². The van der Waals surface area contributed by atoms with Gasteiger partial charge in [-0.25, -0.2) is 4.90 Å². The lowest BCUT2D eigenvalue weighted by molar-refractivity contribution is -0.179. The molecule has 0 amide bonds. The molecule has 0 rings (SSSR count). The molecule has 0 bridgehead atoms. The Kier molecular flexibility index (Phi) is 5.69. The van der Waals surface area contributed by atoms with Crippen LogP contribution in [0.15, 0.2) is 0 Å². The van der Waals surface area contributed by atoms with Crippen LogP contribution in [0.25, 0.3) is 0 Å². The summed E-state index contributed by atoms with van der Waals surface area (Å²) < 4.78 is 0.